The highest BCUT2D eigenvalue weighted by atomic mass is 16.3. The zero-order chi connectivity index (χ0) is 24.9. The van der Waals surface area contributed by atoms with Gasteiger partial charge in [-0.25, -0.2) is 0 Å². The van der Waals surface area contributed by atoms with Gasteiger partial charge in [-0.05, 0) is 64.2 Å². The fourth-order valence-corrected chi connectivity index (χ4v) is 4.72. The Morgan fingerprint density at radius 2 is 1.28 bits per heavy atom. The summed E-state index contributed by atoms with van der Waals surface area (Å²) in [7, 11) is 0. The monoisotopic (exact) mass is 475 g/mol. The maximum absolute atomic E-state index is 10.0. The predicted octanol–water partition coefficient (Wildman–Crippen LogP) is 5.78. The number of phenols is 1. The molecule has 0 aliphatic carbocycles. The third-order valence-corrected chi connectivity index (χ3v) is 6.42. The molecule has 0 aliphatic heterocycles. The molecule has 1 unspecified atom stereocenters. The standard InChI is InChI=1S/C30H29N5O/c1-22-10-9-11-23(2)28(22)35-30(31-32-33-35)29(26-16-18-27(36)19-17-26)34(20-24-12-5-3-6-13-24)21-25-14-7-4-8-15-25/h3-19,29,36H,20-21H2,1-2H3. The number of rotatable bonds is 8. The third kappa shape index (κ3) is 5.04. The van der Waals surface area contributed by atoms with Crippen LogP contribution in [0.15, 0.2) is 103 Å². The van der Waals surface area contributed by atoms with Crippen molar-refractivity contribution in [1.29, 1.82) is 0 Å². The molecule has 0 amide bonds. The number of phenolic OH excluding ortho intramolecular Hbond substituents is 1. The zero-order valence-corrected chi connectivity index (χ0v) is 20.5. The van der Waals surface area contributed by atoms with Crippen LogP contribution >= 0.6 is 0 Å². The van der Waals surface area contributed by atoms with Gasteiger partial charge in [0.1, 0.15) is 5.75 Å². The molecule has 4 aromatic carbocycles. The van der Waals surface area contributed by atoms with E-state index in [2.05, 4.69) is 94.9 Å². The molecule has 0 fully saturated rings. The van der Waals surface area contributed by atoms with Gasteiger partial charge in [-0.15, -0.1) is 5.10 Å². The molecule has 0 saturated heterocycles. The first-order valence-electron chi connectivity index (χ1n) is 12.1. The molecule has 0 bridgehead atoms. The topological polar surface area (TPSA) is 67.1 Å². The lowest BCUT2D eigenvalue weighted by Gasteiger charge is -2.32. The van der Waals surface area contributed by atoms with Crippen molar-refractivity contribution >= 4 is 0 Å². The van der Waals surface area contributed by atoms with E-state index in [0.717, 1.165) is 28.2 Å². The summed E-state index contributed by atoms with van der Waals surface area (Å²) in [6, 6.07) is 34.2. The molecule has 36 heavy (non-hydrogen) atoms. The minimum absolute atomic E-state index is 0.226. The molecule has 1 N–H and O–H groups in total. The van der Waals surface area contributed by atoms with Gasteiger partial charge in [0.05, 0.1) is 11.7 Å². The molecule has 5 aromatic rings. The second-order valence-electron chi connectivity index (χ2n) is 9.06. The highest BCUT2D eigenvalue weighted by Crippen LogP contribution is 2.33. The first-order valence-corrected chi connectivity index (χ1v) is 12.1. The molecule has 180 valence electrons. The summed E-state index contributed by atoms with van der Waals surface area (Å²) in [6.07, 6.45) is 0. The molecule has 0 aliphatic rings. The van der Waals surface area contributed by atoms with Gasteiger partial charge in [-0.2, -0.15) is 4.68 Å². The highest BCUT2D eigenvalue weighted by molar-refractivity contribution is 5.47. The van der Waals surface area contributed by atoms with Crippen LogP contribution in [0.5, 0.6) is 5.75 Å². The van der Waals surface area contributed by atoms with Crippen molar-refractivity contribution in [2.75, 3.05) is 0 Å². The normalized spacial score (nSPS) is 12.1. The fraction of sp³-hybridized carbons (Fsp3) is 0.167. The molecule has 5 rings (SSSR count). The number of aryl methyl sites for hydroxylation is 2. The van der Waals surface area contributed by atoms with E-state index < -0.39 is 0 Å². The number of hydrogen-bond donors (Lipinski definition) is 1. The average Bonchev–Trinajstić information content (AvgIpc) is 3.35. The molecule has 1 atom stereocenters. The molecule has 6 heteroatoms. The summed E-state index contributed by atoms with van der Waals surface area (Å²) in [5.74, 6) is 0.953. The van der Waals surface area contributed by atoms with E-state index in [9.17, 15) is 5.11 Å². The molecule has 6 nitrogen and oxygen atoms in total. The number of aromatic hydroxyl groups is 1. The Morgan fingerprint density at radius 3 is 1.83 bits per heavy atom. The Balaban J connectivity index is 1.67. The van der Waals surface area contributed by atoms with Gasteiger partial charge >= 0.3 is 0 Å². The molecule has 1 heterocycles. The number of hydrogen-bond acceptors (Lipinski definition) is 5. The Labute approximate surface area is 211 Å². The summed E-state index contributed by atoms with van der Waals surface area (Å²) in [6.45, 7) is 5.55. The number of benzene rings is 4. The molecule has 0 radical (unpaired) electrons. The quantitative estimate of drug-likeness (QED) is 0.308. The minimum atomic E-state index is -0.264. The van der Waals surface area contributed by atoms with Crippen molar-refractivity contribution in [3.8, 4) is 11.4 Å². The molecular formula is C30H29N5O. The highest BCUT2D eigenvalue weighted by Gasteiger charge is 2.29. The smallest absolute Gasteiger partial charge is 0.178 e. The summed E-state index contributed by atoms with van der Waals surface area (Å²) in [5.41, 5.74) is 6.59. The summed E-state index contributed by atoms with van der Waals surface area (Å²) < 4.78 is 1.87. The van der Waals surface area contributed by atoms with Gasteiger partial charge in [0.2, 0.25) is 0 Å². The van der Waals surface area contributed by atoms with E-state index in [0.29, 0.717) is 13.1 Å². The molecule has 1 aromatic heterocycles. The average molecular weight is 476 g/mol. The van der Waals surface area contributed by atoms with Crippen molar-refractivity contribution in [1.82, 2.24) is 25.1 Å². The Hall–Kier alpha value is -4.29. The van der Waals surface area contributed by atoms with Crippen LogP contribution in [0.4, 0.5) is 0 Å². The largest absolute Gasteiger partial charge is 0.508 e. The summed E-state index contributed by atoms with van der Waals surface area (Å²) >= 11 is 0. The number of aromatic nitrogens is 4. The van der Waals surface area contributed by atoms with E-state index in [1.54, 1.807) is 12.1 Å². The van der Waals surface area contributed by atoms with Crippen LogP contribution in [0, 0.1) is 13.8 Å². The third-order valence-electron chi connectivity index (χ3n) is 6.42. The number of tetrazole rings is 1. The van der Waals surface area contributed by atoms with Crippen LogP contribution in [0.1, 0.15) is 39.7 Å². The number of para-hydroxylation sites is 1. The molecule has 0 spiro atoms. The van der Waals surface area contributed by atoms with Gasteiger partial charge in [0, 0.05) is 13.1 Å². The molecule has 0 saturated carbocycles. The summed E-state index contributed by atoms with van der Waals surface area (Å²) in [4.78, 5) is 2.38. The van der Waals surface area contributed by atoms with Gasteiger partial charge in [0.25, 0.3) is 0 Å². The second kappa shape index (κ2) is 10.5. The lowest BCUT2D eigenvalue weighted by molar-refractivity contribution is 0.197. The Morgan fingerprint density at radius 1 is 0.722 bits per heavy atom. The maximum Gasteiger partial charge on any atom is 0.178 e. The van der Waals surface area contributed by atoms with Crippen LogP contribution in [0.2, 0.25) is 0 Å². The van der Waals surface area contributed by atoms with Crippen LogP contribution in [0.25, 0.3) is 5.69 Å². The van der Waals surface area contributed by atoms with Crippen LogP contribution in [0.3, 0.4) is 0 Å². The van der Waals surface area contributed by atoms with Crippen molar-refractivity contribution in [2.24, 2.45) is 0 Å². The van der Waals surface area contributed by atoms with Gasteiger partial charge < -0.3 is 5.11 Å². The SMILES string of the molecule is Cc1cccc(C)c1-n1nnnc1C(c1ccc(O)cc1)N(Cc1ccccc1)Cc1ccccc1. The van der Waals surface area contributed by atoms with E-state index in [4.69, 9.17) is 0 Å². The fourth-order valence-electron chi connectivity index (χ4n) is 4.72. The van der Waals surface area contributed by atoms with Crippen LogP contribution < -0.4 is 0 Å². The van der Waals surface area contributed by atoms with E-state index >= 15 is 0 Å². The van der Waals surface area contributed by atoms with Crippen molar-refractivity contribution in [2.45, 2.75) is 33.0 Å². The zero-order valence-electron chi connectivity index (χ0n) is 20.5. The predicted molar refractivity (Wildman–Crippen MR) is 141 cm³/mol. The minimum Gasteiger partial charge on any atom is -0.508 e. The maximum atomic E-state index is 10.0. The van der Waals surface area contributed by atoms with E-state index in [1.165, 1.54) is 11.1 Å². The van der Waals surface area contributed by atoms with E-state index in [-0.39, 0.29) is 11.8 Å². The molecular weight excluding hydrogens is 446 g/mol. The Kier molecular flexibility index (Phi) is 6.87. The summed E-state index contributed by atoms with van der Waals surface area (Å²) in [5, 5.41) is 23.2. The van der Waals surface area contributed by atoms with Crippen LogP contribution in [-0.4, -0.2) is 30.2 Å². The second-order valence-corrected chi connectivity index (χ2v) is 9.06. The lowest BCUT2D eigenvalue weighted by Crippen LogP contribution is -2.31. The van der Waals surface area contributed by atoms with Gasteiger partial charge in [0.15, 0.2) is 5.82 Å². The van der Waals surface area contributed by atoms with Crippen molar-refractivity contribution in [3.63, 3.8) is 0 Å². The van der Waals surface area contributed by atoms with Gasteiger partial charge in [-0.3, -0.25) is 4.90 Å². The van der Waals surface area contributed by atoms with Crippen molar-refractivity contribution < 1.29 is 5.11 Å². The van der Waals surface area contributed by atoms with E-state index in [1.807, 2.05) is 35.0 Å². The number of nitrogens with zero attached hydrogens (tertiary/aromatic N) is 5. The van der Waals surface area contributed by atoms with Crippen molar-refractivity contribution in [3.05, 3.63) is 137 Å². The van der Waals surface area contributed by atoms with Gasteiger partial charge in [-0.1, -0.05) is 91.0 Å². The Bertz CT molecular complexity index is 1350. The first-order chi connectivity index (χ1) is 17.6. The van der Waals surface area contributed by atoms with Crippen LogP contribution in [-0.2, 0) is 13.1 Å². The lowest BCUT2D eigenvalue weighted by atomic mass is 10.0. The first kappa shape index (κ1) is 23.5.